The Hall–Kier alpha value is -2.82. The number of benzene rings is 2. The molecule has 5 nitrogen and oxygen atoms in total. The van der Waals surface area contributed by atoms with Gasteiger partial charge in [0.15, 0.2) is 0 Å². The first kappa shape index (κ1) is 24.4. The molecule has 0 spiro atoms. The van der Waals surface area contributed by atoms with Crippen molar-refractivity contribution in [3.63, 3.8) is 0 Å². The van der Waals surface area contributed by atoms with Crippen LogP contribution in [0.3, 0.4) is 0 Å². The Labute approximate surface area is 185 Å². The number of hydrogen-bond acceptors (Lipinski definition) is 5. The Morgan fingerprint density at radius 3 is 1.81 bits per heavy atom. The summed E-state index contributed by atoms with van der Waals surface area (Å²) in [5.74, 6) is 0.290. The SMILES string of the molecule is CCCCCCCCOc1ccc(C(=O)Oc2ccc(C(=O)OCCCC)cc2)cc1. The molecule has 168 valence electrons. The zero-order valence-corrected chi connectivity index (χ0v) is 18.7. The zero-order valence-electron chi connectivity index (χ0n) is 18.7. The summed E-state index contributed by atoms with van der Waals surface area (Å²) in [6.07, 6.45) is 9.12. The minimum atomic E-state index is -0.458. The molecule has 0 aromatic heterocycles. The fourth-order valence-electron chi connectivity index (χ4n) is 2.98. The molecule has 0 heterocycles. The van der Waals surface area contributed by atoms with Gasteiger partial charge >= 0.3 is 11.9 Å². The molecule has 2 rings (SSSR count). The van der Waals surface area contributed by atoms with Crippen LogP contribution in [0, 0.1) is 0 Å². The Kier molecular flexibility index (Phi) is 11.2. The van der Waals surface area contributed by atoms with Crippen LogP contribution >= 0.6 is 0 Å². The molecule has 0 N–H and O–H groups in total. The lowest BCUT2D eigenvalue weighted by atomic mass is 10.1. The summed E-state index contributed by atoms with van der Waals surface area (Å²) in [5, 5.41) is 0. The highest BCUT2D eigenvalue weighted by molar-refractivity contribution is 5.92. The standard InChI is InChI=1S/C26H34O5/c1-3-5-7-8-9-10-20-29-23-15-11-22(12-16-23)26(28)31-24-17-13-21(14-18-24)25(27)30-19-6-4-2/h11-18H,3-10,19-20H2,1-2H3. The lowest BCUT2D eigenvalue weighted by molar-refractivity contribution is 0.0499. The summed E-state index contributed by atoms with van der Waals surface area (Å²) in [5.41, 5.74) is 0.873. The van der Waals surface area contributed by atoms with Gasteiger partial charge in [-0.25, -0.2) is 9.59 Å². The second-order valence-corrected chi connectivity index (χ2v) is 7.54. The summed E-state index contributed by atoms with van der Waals surface area (Å²) in [6, 6.07) is 13.3. The molecular weight excluding hydrogens is 392 g/mol. The topological polar surface area (TPSA) is 61.8 Å². The second-order valence-electron chi connectivity index (χ2n) is 7.54. The lowest BCUT2D eigenvalue weighted by Crippen LogP contribution is -2.09. The fraction of sp³-hybridized carbons (Fsp3) is 0.462. The molecular formula is C26H34O5. The van der Waals surface area contributed by atoms with Crippen LogP contribution in [-0.2, 0) is 4.74 Å². The number of unbranched alkanes of at least 4 members (excludes halogenated alkanes) is 6. The Morgan fingerprint density at radius 1 is 0.613 bits per heavy atom. The fourth-order valence-corrected chi connectivity index (χ4v) is 2.98. The number of hydrogen-bond donors (Lipinski definition) is 0. The minimum absolute atomic E-state index is 0.372. The van der Waals surface area contributed by atoms with Crippen molar-refractivity contribution in [2.75, 3.05) is 13.2 Å². The van der Waals surface area contributed by atoms with E-state index in [2.05, 4.69) is 6.92 Å². The van der Waals surface area contributed by atoms with E-state index in [1.54, 1.807) is 48.5 Å². The van der Waals surface area contributed by atoms with Gasteiger partial charge < -0.3 is 14.2 Å². The molecule has 2 aromatic rings. The molecule has 0 bridgehead atoms. The van der Waals surface area contributed by atoms with Crippen molar-refractivity contribution in [1.82, 2.24) is 0 Å². The van der Waals surface area contributed by atoms with Gasteiger partial charge in [0.1, 0.15) is 11.5 Å². The van der Waals surface area contributed by atoms with Crippen LogP contribution in [0.15, 0.2) is 48.5 Å². The van der Waals surface area contributed by atoms with E-state index in [-0.39, 0.29) is 5.97 Å². The highest BCUT2D eigenvalue weighted by Gasteiger charge is 2.11. The average Bonchev–Trinajstić information content (AvgIpc) is 2.79. The predicted molar refractivity (Wildman–Crippen MR) is 122 cm³/mol. The third-order valence-electron chi connectivity index (χ3n) is 4.89. The smallest absolute Gasteiger partial charge is 0.343 e. The number of carbonyl (C=O) groups excluding carboxylic acids is 2. The molecule has 0 radical (unpaired) electrons. The third kappa shape index (κ3) is 9.24. The predicted octanol–water partition coefficient (Wildman–Crippen LogP) is 6.60. The van der Waals surface area contributed by atoms with Crippen LogP contribution < -0.4 is 9.47 Å². The molecule has 0 fully saturated rings. The van der Waals surface area contributed by atoms with Crippen LogP contribution in [0.5, 0.6) is 11.5 Å². The van der Waals surface area contributed by atoms with Crippen molar-refractivity contribution < 1.29 is 23.8 Å². The van der Waals surface area contributed by atoms with E-state index in [1.807, 2.05) is 6.92 Å². The zero-order chi connectivity index (χ0) is 22.3. The van der Waals surface area contributed by atoms with E-state index in [1.165, 1.54) is 32.1 Å². The van der Waals surface area contributed by atoms with Crippen molar-refractivity contribution in [3.05, 3.63) is 59.7 Å². The van der Waals surface area contributed by atoms with Gasteiger partial charge in [-0.3, -0.25) is 0 Å². The maximum Gasteiger partial charge on any atom is 0.343 e. The Balaban J connectivity index is 1.76. The maximum atomic E-state index is 12.3. The van der Waals surface area contributed by atoms with Crippen LogP contribution in [0.25, 0.3) is 0 Å². The van der Waals surface area contributed by atoms with Gasteiger partial charge in [0.05, 0.1) is 24.3 Å². The van der Waals surface area contributed by atoms with Crippen molar-refractivity contribution >= 4 is 11.9 Å². The highest BCUT2D eigenvalue weighted by atomic mass is 16.5. The van der Waals surface area contributed by atoms with Gasteiger partial charge in [0.25, 0.3) is 0 Å². The number of carbonyl (C=O) groups is 2. The van der Waals surface area contributed by atoms with E-state index < -0.39 is 5.97 Å². The van der Waals surface area contributed by atoms with Crippen LogP contribution in [0.4, 0.5) is 0 Å². The largest absolute Gasteiger partial charge is 0.494 e. The average molecular weight is 427 g/mol. The van der Waals surface area contributed by atoms with E-state index in [4.69, 9.17) is 14.2 Å². The number of esters is 2. The molecule has 5 heteroatoms. The molecule has 0 amide bonds. The van der Waals surface area contributed by atoms with Gasteiger partial charge in [-0.15, -0.1) is 0 Å². The Bertz CT molecular complexity index is 780. The van der Waals surface area contributed by atoms with Crippen molar-refractivity contribution in [3.8, 4) is 11.5 Å². The van der Waals surface area contributed by atoms with Gasteiger partial charge in [0, 0.05) is 0 Å². The molecule has 0 aliphatic carbocycles. The molecule has 0 aliphatic heterocycles. The van der Waals surface area contributed by atoms with Crippen molar-refractivity contribution in [2.24, 2.45) is 0 Å². The number of ether oxygens (including phenoxy) is 3. The summed E-state index contributed by atoms with van der Waals surface area (Å²) in [7, 11) is 0. The molecule has 0 saturated carbocycles. The van der Waals surface area contributed by atoms with Crippen molar-refractivity contribution in [1.29, 1.82) is 0 Å². The van der Waals surface area contributed by atoms with E-state index in [9.17, 15) is 9.59 Å². The lowest BCUT2D eigenvalue weighted by Gasteiger charge is -2.08. The Morgan fingerprint density at radius 2 is 1.16 bits per heavy atom. The molecule has 0 unspecified atom stereocenters. The quantitative estimate of drug-likeness (QED) is 0.193. The minimum Gasteiger partial charge on any atom is -0.494 e. The van der Waals surface area contributed by atoms with E-state index in [0.29, 0.717) is 30.1 Å². The molecule has 0 atom stereocenters. The van der Waals surface area contributed by atoms with Gasteiger partial charge in [-0.1, -0.05) is 52.4 Å². The van der Waals surface area contributed by atoms with Gasteiger partial charge in [0.2, 0.25) is 0 Å². The van der Waals surface area contributed by atoms with E-state index in [0.717, 1.165) is 25.0 Å². The first-order valence-corrected chi connectivity index (χ1v) is 11.4. The first-order chi connectivity index (χ1) is 15.1. The number of rotatable bonds is 14. The summed E-state index contributed by atoms with van der Waals surface area (Å²) in [6.45, 7) is 5.34. The summed E-state index contributed by atoms with van der Waals surface area (Å²) >= 11 is 0. The first-order valence-electron chi connectivity index (χ1n) is 11.4. The van der Waals surface area contributed by atoms with Gasteiger partial charge in [-0.2, -0.15) is 0 Å². The van der Waals surface area contributed by atoms with Crippen molar-refractivity contribution in [2.45, 2.75) is 65.2 Å². The summed E-state index contributed by atoms with van der Waals surface area (Å²) in [4.78, 5) is 24.3. The molecule has 2 aromatic carbocycles. The molecule has 0 saturated heterocycles. The highest BCUT2D eigenvalue weighted by Crippen LogP contribution is 2.18. The van der Waals surface area contributed by atoms with E-state index >= 15 is 0 Å². The second kappa shape index (κ2) is 14.2. The van der Waals surface area contributed by atoms with Crippen LogP contribution in [0.2, 0.25) is 0 Å². The van der Waals surface area contributed by atoms with Crippen LogP contribution in [0.1, 0.15) is 85.9 Å². The molecule has 31 heavy (non-hydrogen) atoms. The van der Waals surface area contributed by atoms with Crippen LogP contribution in [-0.4, -0.2) is 25.2 Å². The van der Waals surface area contributed by atoms with Gasteiger partial charge in [-0.05, 0) is 61.4 Å². The summed E-state index contributed by atoms with van der Waals surface area (Å²) < 4.78 is 16.3. The normalized spacial score (nSPS) is 10.5. The maximum absolute atomic E-state index is 12.3. The third-order valence-corrected chi connectivity index (χ3v) is 4.89. The monoisotopic (exact) mass is 426 g/mol. The molecule has 0 aliphatic rings.